The van der Waals surface area contributed by atoms with Gasteiger partial charge in [-0.25, -0.2) is 9.78 Å². The van der Waals surface area contributed by atoms with Crippen LogP contribution >= 0.6 is 0 Å². The van der Waals surface area contributed by atoms with Crippen molar-refractivity contribution in [3.8, 4) is 0 Å². The Labute approximate surface area is 145 Å². The van der Waals surface area contributed by atoms with E-state index in [0.29, 0.717) is 23.4 Å². The smallest absolute Gasteiger partial charge is 0.337 e. The van der Waals surface area contributed by atoms with Crippen molar-refractivity contribution in [3.05, 3.63) is 65.1 Å². The van der Waals surface area contributed by atoms with Crippen LogP contribution in [0.1, 0.15) is 39.0 Å². The zero-order valence-electron chi connectivity index (χ0n) is 14.4. The molecular formula is C19H19N3O3. The maximum atomic E-state index is 12.8. The average Bonchev–Trinajstić information content (AvgIpc) is 2.99. The van der Waals surface area contributed by atoms with Crippen LogP contribution in [-0.2, 0) is 11.2 Å². The number of fused-ring (bicyclic) bond motifs is 1. The highest BCUT2D eigenvalue weighted by atomic mass is 16.5. The number of hydrogen-bond acceptors (Lipinski definition) is 4. The molecule has 3 rings (SSSR count). The summed E-state index contributed by atoms with van der Waals surface area (Å²) in [6.07, 6.45) is 2.56. The summed E-state index contributed by atoms with van der Waals surface area (Å²) in [6, 6.07) is 10.4. The Kier molecular flexibility index (Phi) is 4.52. The molecule has 3 aromatic rings. The van der Waals surface area contributed by atoms with Crippen molar-refractivity contribution in [2.75, 3.05) is 12.4 Å². The molecule has 1 aromatic carbocycles. The number of carbonyl (C=O) groups excluding carboxylic acids is 2. The van der Waals surface area contributed by atoms with Crippen LogP contribution < -0.4 is 5.32 Å². The summed E-state index contributed by atoms with van der Waals surface area (Å²) in [7, 11) is 1.33. The number of nitrogens with zero attached hydrogens (tertiary/aromatic N) is 2. The molecule has 0 radical (unpaired) electrons. The minimum atomic E-state index is -0.414. The normalized spacial score (nSPS) is 10.7. The number of benzene rings is 1. The van der Waals surface area contributed by atoms with Crippen LogP contribution in [0.5, 0.6) is 0 Å². The van der Waals surface area contributed by atoms with Crippen LogP contribution in [0.15, 0.2) is 42.6 Å². The number of carbonyl (C=O) groups is 2. The average molecular weight is 337 g/mol. The molecule has 0 unspecified atom stereocenters. The van der Waals surface area contributed by atoms with Crippen LogP contribution in [0.2, 0.25) is 0 Å². The molecule has 0 saturated carbocycles. The second-order valence-electron chi connectivity index (χ2n) is 5.72. The molecule has 0 spiro atoms. The van der Waals surface area contributed by atoms with E-state index >= 15 is 0 Å². The number of ether oxygens (including phenoxy) is 1. The first kappa shape index (κ1) is 16.7. The van der Waals surface area contributed by atoms with E-state index < -0.39 is 5.97 Å². The molecule has 0 fully saturated rings. The summed E-state index contributed by atoms with van der Waals surface area (Å²) in [5.41, 5.74) is 4.09. The van der Waals surface area contributed by atoms with E-state index in [4.69, 9.17) is 0 Å². The van der Waals surface area contributed by atoms with Gasteiger partial charge in [0.2, 0.25) is 0 Å². The van der Waals surface area contributed by atoms with Gasteiger partial charge in [0.25, 0.3) is 5.91 Å². The van der Waals surface area contributed by atoms with Crippen molar-refractivity contribution in [2.45, 2.75) is 20.3 Å². The van der Waals surface area contributed by atoms with Crippen molar-refractivity contribution in [1.29, 1.82) is 0 Å². The number of aromatic nitrogens is 2. The molecular weight excluding hydrogens is 318 g/mol. The number of esters is 1. The maximum Gasteiger partial charge on any atom is 0.337 e. The van der Waals surface area contributed by atoms with Gasteiger partial charge in [-0.2, -0.15) is 0 Å². The fourth-order valence-corrected chi connectivity index (χ4v) is 2.68. The van der Waals surface area contributed by atoms with Gasteiger partial charge < -0.3 is 10.1 Å². The molecule has 0 saturated heterocycles. The topological polar surface area (TPSA) is 72.7 Å². The van der Waals surface area contributed by atoms with Crippen LogP contribution in [-0.4, -0.2) is 28.4 Å². The van der Waals surface area contributed by atoms with Gasteiger partial charge in [0.1, 0.15) is 11.3 Å². The second kappa shape index (κ2) is 6.76. The molecule has 0 aliphatic rings. The van der Waals surface area contributed by atoms with Crippen LogP contribution in [0, 0.1) is 6.92 Å². The Morgan fingerprint density at radius 1 is 1.16 bits per heavy atom. The maximum absolute atomic E-state index is 12.8. The molecule has 0 atom stereocenters. The first-order chi connectivity index (χ1) is 12.0. The summed E-state index contributed by atoms with van der Waals surface area (Å²) in [4.78, 5) is 28.8. The van der Waals surface area contributed by atoms with Crippen molar-refractivity contribution >= 4 is 23.2 Å². The monoisotopic (exact) mass is 337 g/mol. The van der Waals surface area contributed by atoms with E-state index in [0.717, 1.165) is 16.9 Å². The lowest BCUT2D eigenvalue weighted by Gasteiger charge is -2.08. The molecule has 6 nitrogen and oxygen atoms in total. The van der Waals surface area contributed by atoms with Gasteiger partial charge in [0.15, 0.2) is 0 Å². The molecule has 2 heterocycles. The predicted molar refractivity (Wildman–Crippen MR) is 95.0 cm³/mol. The highest BCUT2D eigenvalue weighted by Crippen LogP contribution is 2.18. The number of imidazole rings is 1. The van der Waals surface area contributed by atoms with Crippen molar-refractivity contribution in [3.63, 3.8) is 0 Å². The van der Waals surface area contributed by atoms with Gasteiger partial charge in [-0.3, -0.25) is 9.20 Å². The van der Waals surface area contributed by atoms with Crippen molar-refractivity contribution < 1.29 is 14.3 Å². The van der Waals surface area contributed by atoms with Crippen molar-refractivity contribution in [1.82, 2.24) is 9.38 Å². The number of anilines is 1. The first-order valence-corrected chi connectivity index (χ1v) is 8.00. The highest BCUT2D eigenvalue weighted by Gasteiger charge is 2.18. The fraction of sp³-hybridized carbons (Fsp3) is 0.211. The third kappa shape index (κ3) is 3.24. The summed E-state index contributed by atoms with van der Waals surface area (Å²) in [5.74, 6) is -0.649. The molecule has 25 heavy (non-hydrogen) atoms. The van der Waals surface area contributed by atoms with E-state index in [9.17, 15) is 9.59 Å². The van der Waals surface area contributed by atoms with Gasteiger partial charge >= 0.3 is 5.97 Å². The van der Waals surface area contributed by atoms with Crippen LogP contribution in [0.3, 0.4) is 0 Å². The number of hydrogen-bond donors (Lipinski definition) is 1. The molecule has 0 aliphatic heterocycles. The van der Waals surface area contributed by atoms with E-state index in [2.05, 4.69) is 15.0 Å². The third-order valence-corrected chi connectivity index (χ3v) is 3.95. The number of pyridine rings is 1. The lowest BCUT2D eigenvalue weighted by atomic mass is 10.2. The second-order valence-corrected chi connectivity index (χ2v) is 5.72. The Balaban J connectivity index is 1.92. The predicted octanol–water partition coefficient (Wildman–Crippen LogP) is 3.24. The molecule has 1 N–H and O–H groups in total. The molecule has 128 valence electrons. The molecule has 6 heteroatoms. The Morgan fingerprint density at radius 3 is 2.52 bits per heavy atom. The summed E-state index contributed by atoms with van der Waals surface area (Å²) in [6.45, 7) is 3.94. The summed E-state index contributed by atoms with van der Waals surface area (Å²) < 4.78 is 6.48. The molecule has 2 aromatic heterocycles. The Morgan fingerprint density at radius 2 is 1.88 bits per heavy atom. The summed E-state index contributed by atoms with van der Waals surface area (Å²) in [5, 5.41) is 2.86. The van der Waals surface area contributed by atoms with Gasteiger partial charge in [0, 0.05) is 11.9 Å². The standard InChI is InChI=1S/C19H19N3O3/c1-4-15-17(22-11-12(2)5-10-16(22)21-15)18(23)20-14-8-6-13(7-9-14)19(24)25-3/h5-11H,4H2,1-3H3,(H,20,23). The van der Waals surface area contributed by atoms with Gasteiger partial charge in [-0.05, 0) is 49.2 Å². The fourth-order valence-electron chi connectivity index (χ4n) is 2.68. The SMILES string of the molecule is CCc1nc2ccc(C)cn2c1C(=O)Nc1ccc(C(=O)OC)cc1. The third-order valence-electron chi connectivity index (χ3n) is 3.95. The van der Waals surface area contributed by atoms with E-state index in [1.807, 2.05) is 36.6 Å². The minimum Gasteiger partial charge on any atom is -0.465 e. The quantitative estimate of drug-likeness (QED) is 0.742. The van der Waals surface area contributed by atoms with Crippen LogP contribution in [0.4, 0.5) is 5.69 Å². The Hall–Kier alpha value is -3.15. The molecule has 1 amide bonds. The lowest BCUT2D eigenvalue weighted by Crippen LogP contribution is -2.16. The first-order valence-electron chi connectivity index (χ1n) is 8.00. The largest absolute Gasteiger partial charge is 0.465 e. The summed E-state index contributed by atoms with van der Waals surface area (Å²) >= 11 is 0. The number of aryl methyl sites for hydroxylation is 2. The number of rotatable bonds is 4. The number of nitrogens with one attached hydrogen (secondary N) is 1. The van der Waals surface area contributed by atoms with E-state index in [1.165, 1.54) is 7.11 Å². The van der Waals surface area contributed by atoms with Gasteiger partial charge in [0.05, 0.1) is 18.4 Å². The number of methoxy groups -OCH3 is 1. The molecule has 0 bridgehead atoms. The molecule has 0 aliphatic carbocycles. The lowest BCUT2D eigenvalue weighted by molar-refractivity contribution is 0.0600. The zero-order valence-corrected chi connectivity index (χ0v) is 14.4. The van der Waals surface area contributed by atoms with E-state index in [1.54, 1.807) is 24.3 Å². The number of amides is 1. The Bertz CT molecular complexity index is 942. The zero-order chi connectivity index (χ0) is 18.0. The van der Waals surface area contributed by atoms with Gasteiger partial charge in [-0.1, -0.05) is 13.0 Å². The minimum absolute atomic E-state index is 0.235. The van der Waals surface area contributed by atoms with E-state index in [-0.39, 0.29) is 5.91 Å². The highest BCUT2D eigenvalue weighted by molar-refractivity contribution is 6.04. The van der Waals surface area contributed by atoms with Crippen LogP contribution in [0.25, 0.3) is 5.65 Å². The van der Waals surface area contributed by atoms with Crippen molar-refractivity contribution in [2.24, 2.45) is 0 Å². The van der Waals surface area contributed by atoms with Gasteiger partial charge in [-0.15, -0.1) is 0 Å².